The molecule has 0 aliphatic heterocycles. The van der Waals surface area contributed by atoms with Gasteiger partial charge in [0.15, 0.2) is 5.96 Å². The summed E-state index contributed by atoms with van der Waals surface area (Å²) in [4.78, 5) is 4.13. The molecule has 0 saturated heterocycles. The molecule has 0 bridgehead atoms. The first kappa shape index (κ1) is 21.7. The van der Waals surface area contributed by atoms with Gasteiger partial charge >= 0.3 is 0 Å². The van der Waals surface area contributed by atoms with Gasteiger partial charge in [-0.2, -0.15) is 5.26 Å². The molecule has 0 radical (unpaired) electrons. The minimum absolute atomic E-state index is 0. The predicted octanol–water partition coefficient (Wildman–Crippen LogP) is 3.58. The number of nitrogens with zero attached hydrogens (tertiary/aromatic N) is 2. The Kier molecular flexibility index (Phi) is 9.44. The van der Waals surface area contributed by atoms with E-state index in [9.17, 15) is 4.39 Å². The molecule has 0 unspecified atom stereocenters. The number of para-hydroxylation sites is 1. The number of nitrogens with one attached hydrogen (secondary N) is 2. The van der Waals surface area contributed by atoms with Gasteiger partial charge in [0.25, 0.3) is 0 Å². The molecule has 0 atom stereocenters. The van der Waals surface area contributed by atoms with Crippen molar-refractivity contribution in [1.29, 1.82) is 5.26 Å². The fourth-order valence-electron chi connectivity index (χ4n) is 2.30. The fraction of sp³-hybridized carbons (Fsp3) is 0.263. The lowest BCUT2D eigenvalue weighted by molar-refractivity contribution is 0.336. The van der Waals surface area contributed by atoms with E-state index < -0.39 is 0 Å². The molecule has 0 amide bonds. The van der Waals surface area contributed by atoms with Crippen molar-refractivity contribution in [2.45, 2.75) is 20.0 Å². The summed E-state index contributed by atoms with van der Waals surface area (Å²) in [6.07, 6.45) is 0. The number of ether oxygens (including phenoxy) is 1. The zero-order valence-corrected chi connectivity index (χ0v) is 17.1. The van der Waals surface area contributed by atoms with E-state index in [1.807, 2.05) is 37.3 Å². The molecule has 0 aliphatic carbocycles. The molecule has 2 N–H and O–H groups in total. The zero-order chi connectivity index (χ0) is 18.1. The quantitative estimate of drug-likeness (QED) is 0.387. The summed E-state index contributed by atoms with van der Waals surface area (Å²) in [5.74, 6) is 0.998. The van der Waals surface area contributed by atoms with Gasteiger partial charge in [0.2, 0.25) is 0 Å². The third kappa shape index (κ3) is 6.19. The van der Waals surface area contributed by atoms with Gasteiger partial charge in [-0.25, -0.2) is 4.39 Å². The molecule has 0 saturated carbocycles. The van der Waals surface area contributed by atoms with E-state index in [0.29, 0.717) is 30.2 Å². The first-order valence-electron chi connectivity index (χ1n) is 8.01. The average Bonchev–Trinajstić information content (AvgIpc) is 2.64. The fourth-order valence-corrected chi connectivity index (χ4v) is 2.30. The highest BCUT2D eigenvalue weighted by Gasteiger charge is 2.07. The number of benzene rings is 2. The molecule has 0 aliphatic rings. The topological polar surface area (TPSA) is 69.4 Å². The predicted molar refractivity (Wildman–Crippen MR) is 111 cm³/mol. The molecule has 26 heavy (non-hydrogen) atoms. The summed E-state index contributed by atoms with van der Waals surface area (Å²) in [5.41, 5.74) is 1.84. The van der Waals surface area contributed by atoms with Gasteiger partial charge in [0.1, 0.15) is 11.6 Å². The van der Waals surface area contributed by atoms with Crippen LogP contribution in [0.3, 0.4) is 0 Å². The maximum Gasteiger partial charge on any atom is 0.191 e. The van der Waals surface area contributed by atoms with Crippen molar-refractivity contribution in [3.8, 4) is 11.8 Å². The lowest BCUT2D eigenvalue weighted by Crippen LogP contribution is -2.36. The number of nitriles is 1. The van der Waals surface area contributed by atoms with Gasteiger partial charge in [-0.3, -0.25) is 4.99 Å². The van der Waals surface area contributed by atoms with Crippen molar-refractivity contribution in [3.05, 3.63) is 65.0 Å². The molecule has 0 spiro atoms. The Morgan fingerprint density at radius 2 is 1.85 bits per heavy atom. The summed E-state index contributed by atoms with van der Waals surface area (Å²) in [6, 6.07) is 14.0. The Morgan fingerprint density at radius 3 is 2.50 bits per heavy atom. The van der Waals surface area contributed by atoms with Gasteiger partial charge in [0.05, 0.1) is 18.2 Å². The van der Waals surface area contributed by atoms with Crippen LogP contribution in [-0.2, 0) is 13.1 Å². The molecule has 7 heteroatoms. The van der Waals surface area contributed by atoms with Crippen LogP contribution in [0.15, 0.2) is 47.5 Å². The van der Waals surface area contributed by atoms with Crippen LogP contribution < -0.4 is 15.4 Å². The van der Waals surface area contributed by atoms with E-state index in [4.69, 9.17) is 10.00 Å². The van der Waals surface area contributed by atoms with Gasteiger partial charge in [-0.15, -0.1) is 24.0 Å². The van der Waals surface area contributed by atoms with E-state index in [0.717, 1.165) is 11.3 Å². The van der Waals surface area contributed by atoms with Crippen LogP contribution >= 0.6 is 24.0 Å². The lowest BCUT2D eigenvalue weighted by Gasteiger charge is -2.14. The maximum atomic E-state index is 13.8. The number of rotatable bonds is 6. The molecule has 0 fully saturated rings. The Bertz CT molecular complexity index is 789. The van der Waals surface area contributed by atoms with Crippen LogP contribution in [0.4, 0.5) is 4.39 Å². The second-order valence-corrected chi connectivity index (χ2v) is 5.24. The molecule has 2 rings (SSSR count). The SMILES string of the molecule is CCOc1ccccc1CNC(=NC)NCc1cc(C#N)ccc1F.I. The Labute approximate surface area is 170 Å². The molecule has 0 aromatic heterocycles. The summed E-state index contributed by atoms with van der Waals surface area (Å²) in [5, 5.41) is 15.1. The van der Waals surface area contributed by atoms with Crippen molar-refractivity contribution in [2.75, 3.05) is 13.7 Å². The number of halogens is 2. The average molecular weight is 468 g/mol. The second kappa shape index (κ2) is 11.3. The monoisotopic (exact) mass is 468 g/mol. The van der Waals surface area contributed by atoms with Gasteiger partial charge in [-0.1, -0.05) is 18.2 Å². The van der Waals surface area contributed by atoms with Crippen molar-refractivity contribution in [2.24, 2.45) is 4.99 Å². The van der Waals surface area contributed by atoms with Crippen LogP contribution in [-0.4, -0.2) is 19.6 Å². The largest absolute Gasteiger partial charge is 0.494 e. The minimum Gasteiger partial charge on any atom is -0.494 e. The first-order valence-corrected chi connectivity index (χ1v) is 8.01. The summed E-state index contributed by atoms with van der Waals surface area (Å²) in [7, 11) is 1.64. The third-order valence-corrected chi connectivity index (χ3v) is 3.56. The maximum absolute atomic E-state index is 13.8. The number of hydrogen-bond acceptors (Lipinski definition) is 3. The van der Waals surface area contributed by atoms with Crippen LogP contribution in [0, 0.1) is 17.1 Å². The highest BCUT2D eigenvalue weighted by Crippen LogP contribution is 2.17. The molecule has 138 valence electrons. The van der Waals surface area contributed by atoms with Crippen molar-refractivity contribution >= 4 is 29.9 Å². The van der Waals surface area contributed by atoms with E-state index in [1.165, 1.54) is 18.2 Å². The van der Waals surface area contributed by atoms with Gasteiger partial charge in [0, 0.05) is 31.3 Å². The number of guanidine groups is 1. The third-order valence-electron chi connectivity index (χ3n) is 3.56. The standard InChI is InChI=1S/C19H21FN4O.HI/c1-3-25-18-7-5-4-6-15(18)12-23-19(22-2)24-13-16-10-14(11-21)8-9-17(16)20;/h4-10H,3,12-13H2,1-2H3,(H2,22,23,24);1H. The Hall–Kier alpha value is -2.34. The number of hydrogen-bond donors (Lipinski definition) is 2. The minimum atomic E-state index is -0.358. The van der Waals surface area contributed by atoms with Crippen molar-refractivity contribution < 1.29 is 9.13 Å². The highest BCUT2D eigenvalue weighted by molar-refractivity contribution is 14.0. The van der Waals surface area contributed by atoms with Crippen LogP contribution in [0.2, 0.25) is 0 Å². The Morgan fingerprint density at radius 1 is 1.15 bits per heavy atom. The molecular formula is C19H22FIN4O. The summed E-state index contributed by atoms with van der Waals surface area (Å²) in [6.45, 7) is 3.29. The van der Waals surface area contributed by atoms with E-state index in [-0.39, 0.29) is 36.3 Å². The number of aliphatic imine (C=N–C) groups is 1. The molecule has 2 aromatic rings. The first-order chi connectivity index (χ1) is 12.2. The summed E-state index contributed by atoms with van der Waals surface area (Å²) >= 11 is 0. The second-order valence-electron chi connectivity index (χ2n) is 5.24. The zero-order valence-electron chi connectivity index (χ0n) is 14.8. The Balaban J connectivity index is 0.00000338. The highest BCUT2D eigenvalue weighted by atomic mass is 127. The molecular weight excluding hydrogens is 446 g/mol. The van der Waals surface area contributed by atoms with E-state index >= 15 is 0 Å². The normalized spacial score (nSPS) is 10.5. The lowest BCUT2D eigenvalue weighted by atomic mass is 10.1. The van der Waals surface area contributed by atoms with Gasteiger partial charge < -0.3 is 15.4 Å². The molecule has 2 aromatic carbocycles. The van der Waals surface area contributed by atoms with Crippen molar-refractivity contribution in [3.63, 3.8) is 0 Å². The molecule has 5 nitrogen and oxygen atoms in total. The van der Waals surface area contributed by atoms with Crippen LogP contribution in [0.25, 0.3) is 0 Å². The molecule has 0 heterocycles. The smallest absolute Gasteiger partial charge is 0.191 e. The summed E-state index contributed by atoms with van der Waals surface area (Å²) < 4.78 is 19.4. The van der Waals surface area contributed by atoms with Crippen molar-refractivity contribution in [1.82, 2.24) is 10.6 Å². The van der Waals surface area contributed by atoms with Crippen LogP contribution in [0.5, 0.6) is 5.75 Å². The van der Waals surface area contributed by atoms with Crippen LogP contribution in [0.1, 0.15) is 23.6 Å². The van der Waals surface area contributed by atoms with E-state index in [1.54, 1.807) is 7.05 Å². The van der Waals surface area contributed by atoms with E-state index in [2.05, 4.69) is 15.6 Å². The van der Waals surface area contributed by atoms with Gasteiger partial charge in [-0.05, 0) is 31.2 Å².